The molecule has 2 aromatic rings. The molecular weight excluding hydrogens is 364 g/mol. The Kier molecular flexibility index (Phi) is 4.22. The van der Waals surface area contributed by atoms with Gasteiger partial charge in [-0.2, -0.15) is 0 Å². The SMILES string of the molecule is Cc1csc(NC(=O)CCN2C(=O)c3ccccc3N3C(=O)CCC23C)n1. The predicted octanol–water partition coefficient (Wildman–Crippen LogP) is 2.78. The summed E-state index contributed by atoms with van der Waals surface area (Å²) in [5.41, 5.74) is 1.28. The Hall–Kier alpha value is -2.74. The van der Waals surface area contributed by atoms with Crippen molar-refractivity contribution in [1.29, 1.82) is 0 Å². The molecule has 1 aromatic carbocycles. The molecule has 1 fully saturated rings. The monoisotopic (exact) mass is 384 g/mol. The minimum Gasteiger partial charge on any atom is -0.315 e. The van der Waals surface area contributed by atoms with Crippen LogP contribution in [0.4, 0.5) is 10.8 Å². The molecule has 0 radical (unpaired) electrons. The smallest absolute Gasteiger partial charge is 0.257 e. The summed E-state index contributed by atoms with van der Waals surface area (Å²) in [4.78, 5) is 45.5. The third-order valence-corrected chi connectivity index (χ3v) is 6.05. The highest BCUT2D eigenvalue weighted by Gasteiger charge is 2.52. The van der Waals surface area contributed by atoms with E-state index in [9.17, 15) is 14.4 Å². The molecule has 3 amide bonds. The molecule has 1 N–H and O–H groups in total. The molecule has 0 spiro atoms. The first kappa shape index (κ1) is 17.7. The zero-order valence-electron chi connectivity index (χ0n) is 15.2. The van der Waals surface area contributed by atoms with E-state index < -0.39 is 5.66 Å². The maximum atomic E-state index is 13.1. The highest BCUT2D eigenvalue weighted by atomic mass is 32.1. The number of carbonyl (C=O) groups is 3. The summed E-state index contributed by atoms with van der Waals surface area (Å²) in [5.74, 6) is -0.336. The van der Waals surface area contributed by atoms with Gasteiger partial charge in [0, 0.05) is 24.8 Å². The van der Waals surface area contributed by atoms with Crippen LogP contribution in [-0.4, -0.2) is 39.8 Å². The van der Waals surface area contributed by atoms with Crippen LogP contribution in [0.1, 0.15) is 42.2 Å². The lowest BCUT2D eigenvalue weighted by molar-refractivity contribution is -0.117. The van der Waals surface area contributed by atoms with Gasteiger partial charge >= 0.3 is 0 Å². The Morgan fingerprint density at radius 2 is 2.11 bits per heavy atom. The Morgan fingerprint density at radius 3 is 2.85 bits per heavy atom. The van der Waals surface area contributed by atoms with Crippen molar-refractivity contribution in [2.75, 3.05) is 16.8 Å². The summed E-state index contributed by atoms with van der Waals surface area (Å²) in [6.45, 7) is 4.00. The maximum Gasteiger partial charge on any atom is 0.257 e. The number of nitrogens with one attached hydrogen (secondary N) is 1. The zero-order chi connectivity index (χ0) is 19.2. The summed E-state index contributed by atoms with van der Waals surface area (Å²) < 4.78 is 0. The Labute approximate surface area is 161 Å². The largest absolute Gasteiger partial charge is 0.315 e. The number of amides is 3. The van der Waals surface area contributed by atoms with Crippen molar-refractivity contribution in [3.63, 3.8) is 0 Å². The second kappa shape index (κ2) is 6.45. The Bertz CT molecular complexity index is 941. The number of rotatable bonds is 4. The van der Waals surface area contributed by atoms with Crippen molar-refractivity contribution < 1.29 is 14.4 Å². The minimum atomic E-state index is -0.736. The van der Waals surface area contributed by atoms with Gasteiger partial charge in [-0.05, 0) is 32.4 Å². The molecule has 7 nitrogen and oxygen atoms in total. The molecule has 27 heavy (non-hydrogen) atoms. The molecule has 1 unspecified atom stereocenters. The van der Waals surface area contributed by atoms with Gasteiger partial charge in [-0.25, -0.2) is 4.98 Å². The minimum absolute atomic E-state index is 0.00478. The van der Waals surface area contributed by atoms with Gasteiger partial charge < -0.3 is 10.2 Å². The summed E-state index contributed by atoms with van der Waals surface area (Å²) in [5, 5.41) is 5.18. The van der Waals surface area contributed by atoms with Gasteiger partial charge in [0.1, 0.15) is 5.66 Å². The number of aryl methyl sites for hydroxylation is 1. The van der Waals surface area contributed by atoms with Crippen LogP contribution >= 0.6 is 11.3 Å². The number of aromatic nitrogens is 1. The Balaban J connectivity index is 1.56. The van der Waals surface area contributed by atoms with E-state index in [2.05, 4.69) is 10.3 Å². The third kappa shape index (κ3) is 2.90. The second-order valence-electron chi connectivity index (χ2n) is 7.01. The molecule has 2 aliphatic rings. The van der Waals surface area contributed by atoms with E-state index >= 15 is 0 Å². The van der Waals surface area contributed by atoms with E-state index in [1.165, 1.54) is 11.3 Å². The molecule has 3 heterocycles. The van der Waals surface area contributed by atoms with Crippen molar-refractivity contribution >= 4 is 39.9 Å². The summed E-state index contributed by atoms with van der Waals surface area (Å²) in [7, 11) is 0. The van der Waals surface area contributed by atoms with Crippen LogP contribution in [0.2, 0.25) is 0 Å². The lowest BCUT2D eigenvalue weighted by atomic mass is 9.98. The van der Waals surface area contributed by atoms with Gasteiger partial charge in [-0.15, -0.1) is 11.3 Å². The normalized spacial score (nSPS) is 21.3. The van der Waals surface area contributed by atoms with Crippen molar-refractivity contribution in [3.05, 3.63) is 40.9 Å². The first-order chi connectivity index (χ1) is 12.9. The molecular formula is C19H20N4O3S. The number of fused-ring (bicyclic) bond motifs is 3. The molecule has 1 aromatic heterocycles. The number of carbonyl (C=O) groups excluding carboxylic acids is 3. The van der Waals surface area contributed by atoms with Crippen LogP contribution in [0.3, 0.4) is 0 Å². The molecule has 0 aliphatic carbocycles. The van der Waals surface area contributed by atoms with Crippen molar-refractivity contribution in [3.8, 4) is 0 Å². The number of anilines is 2. The molecule has 140 valence electrons. The van der Waals surface area contributed by atoms with Crippen molar-refractivity contribution in [2.24, 2.45) is 0 Å². The van der Waals surface area contributed by atoms with Gasteiger partial charge in [0.15, 0.2) is 5.13 Å². The van der Waals surface area contributed by atoms with Crippen LogP contribution in [-0.2, 0) is 9.59 Å². The van der Waals surface area contributed by atoms with Crippen LogP contribution in [0.25, 0.3) is 0 Å². The lowest BCUT2D eigenvalue weighted by Gasteiger charge is -2.48. The van der Waals surface area contributed by atoms with Crippen LogP contribution in [0, 0.1) is 6.92 Å². The predicted molar refractivity (Wildman–Crippen MR) is 103 cm³/mol. The number of thiazole rings is 1. The third-order valence-electron chi connectivity index (χ3n) is 5.17. The highest BCUT2D eigenvalue weighted by molar-refractivity contribution is 7.13. The fraction of sp³-hybridized carbons (Fsp3) is 0.368. The molecule has 1 atom stereocenters. The number of benzene rings is 1. The van der Waals surface area contributed by atoms with E-state index in [0.29, 0.717) is 29.2 Å². The average Bonchev–Trinajstić information content (AvgIpc) is 3.18. The first-order valence-electron chi connectivity index (χ1n) is 8.86. The first-order valence-corrected chi connectivity index (χ1v) is 9.74. The number of para-hydroxylation sites is 1. The van der Waals surface area contributed by atoms with E-state index in [4.69, 9.17) is 0 Å². The fourth-order valence-electron chi connectivity index (χ4n) is 3.85. The number of hydrogen-bond acceptors (Lipinski definition) is 5. The van der Waals surface area contributed by atoms with Crippen LogP contribution < -0.4 is 10.2 Å². The average molecular weight is 384 g/mol. The molecule has 8 heteroatoms. The summed E-state index contributed by atoms with van der Waals surface area (Å²) in [6.07, 6.45) is 1.09. The second-order valence-corrected chi connectivity index (χ2v) is 7.87. The van der Waals surface area contributed by atoms with Crippen LogP contribution in [0.5, 0.6) is 0 Å². The van der Waals surface area contributed by atoms with Crippen molar-refractivity contribution in [2.45, 2.75) is 38.8 Å². The van der Waals surface area contributed by atoms with E-state index in [1.54, 1.807) is 21.9 Å². The summed E-state index contributed by atoms with van der Waals surface area (Å²) >= 11 is 1.37. The van der Waals surface area contributed by atoms with Gasteiger partial charge in [0.05, 0.1) is 16.9 Å². The molecule has 1 saturated heterocycles. The van der Waals surface area contributed by atoms with Gasteiger partial charge in [0.25, 0.3) is 5.91 Å². The van der Waals surface area contributed by atoms with Gasteiger partial charge in [0.2, 0.25) is 11.8 Å². The number of nitrogens with zero attached hydrogens (tertiary/aromatic N) is 3. The standard InChI is InChI=1S/C19H20N4O3S/c1-12-11-27-18(20-12)21-15(24)8-10-22-17(26)13-5-3-4-6-14(13)23-16(25)7-9-19(22,23)2/h3-6,11H,7-10H2,1-2H3,(H,20,21,24). The molecule has 4 rings (SSSR count). The highest BCUT2D eigenvalue weighted by Crippen LogP contribution is 2.43. The Morgan fingerprint density at radius 1 is 1.33 bits per heavy atom. The van der Waals surface area contributed by atoms with Crippen molar-refractivity contribution in [1.82, 2.24) is 9.88 Å². The quantitative estimate of drug-likeness (QED) is 0.879. The molecule has 0 saturated carbocycles. The molecule has 2 aliphatic heterocycles. The van der Waals surface area contributed by atoms with E-state index in [-0.39, 0.29) is 30.7 Å². The van der Waals surface area contributed by atoms with E-state index in [1.807, 2.05) is 31.4 Å². The van der Waals surface area contributed by atoms with Gasteiger partial charge in [-0.3, -0.25) is 19.3 Å². The zero-order valence-corrected chi connectivity index (χ0v) is 16.0. The topological polar surface area (TPSA) is 82.6 Å². The van der Waals surface area contributed by atoms with Gasteiger partial charge in [-0.1, -0.05) is 12.1 Å². The fourth-order valence-corrected chi connectivity index (χ4v) is 4.55. The van der Waals surface area contributed by atoms with Crippen LogP contribution in [0.15, 0.2) is 29.6 Å². The maximum absolute atomic E-state index is 13.1. The number of hydrogen-bond donors (Lipinski definition) is 1. The van der Waals surface area contributed by atoms with E-state index in [0.717, 1.165) is 5.69 Å². The lowest BCUT2D eigenvalue weighted by Crippen LogP contribution is -2.62. The summed E-state index contributed by atoms with van der Waals surface area (Å²) in [6, 6.07) is 7.16. The molecule has 0 bridgehead atoms.